The van der Waals surface area contributed by atoms with Crippen molar-refractivity contribution in [3.8, 4) is 0 Å². The van der Waals surface area contributed by atoms with Crippen molar-refractivity contribution in [2.24, 2.45) is 0 Å². The summed E-state index contributed by atoms with van der Waals surface area (Å²) in [7, 11) is 0. The summed E-state index contributed by atoms with van der Waals surface area (Å²) in [6, 6.07) is 0.920. The Morgan fingerprint density at radius 3 is 2.53 bits per heavy atom. The Bertz CT molecular complexity index is 342. The molecule has 0 aliphatic rings. The lowest BCUT2D eigenvalue weighted by Crippen LogP contribution is -2.24. The van der Waals surface area contributed by atoms with Crippen molar-refractivity contribution in [1.29, 1.82) is 0 Å². The van der Waals surface area contributed by atoms with Gasteiger partial charge in [-0.1, -0.05) is 13.8 Å². The molecule has 0 saturated carbocycles. The minimum Gasteiger partial charge on any atom is -0.353 e. The van der Waals surface area contributed by atoms with E-state index in [1.807, 2.05) is 6.20 Å². The lowest BCUT2D eigenvalue weighted by molar-refractivity contribution is 0.288. The minimum absolute atomic E-state index is 0.420. The molecule has 0 aliphatic heterocycles. The molecule has 0 aliphatic carbocycles. The number of hydrogen-bond acceptors (Lipinski definition) is 3. The van der Waals surface area contributed by atoms with Crippen LogP contribution in [0.3, 0.4) is 0 Å². The molecule has 1 N–H and O–H groups in total. The molecule has 1 rings (SSSR count). The third kappa shape index (κ3) is 5.23. The summed E-state index contributed by atoms with van der Waals surface area (Å²) in [4.78, 5) is 6.87. The predicted octanol–water partition coefficient (Wildman–Crippen LogP) is 3.39. The fourth-order valence-electron chi connectivity index (χ4n) is 2.33. The van der Waals surface area contributed by atoms with E-state index in [1.165, 1.54) is 19.4 Å². The highest BCUT2D eigenvalue weighted by molar-refractivity contribution is 5.27. The maximum absolute atomic E-state index is 4.39. The molecule has 1 aromatic rings. The van der Waals surface area contributed by atoms with Crippen LogP contribution >= 0.6 is 0 Å². The molecule has 4 nitrogen and oxygen atoms in total. The second-order valence-electron chi connectivity index (χ2n) is 5.48. The normalized spacial score (nSPS) is 13.2. The molecule has 1 atom stereocenters. The number of nitrogens with one attached hydrogen (secondary N) is 1. The molecule has 0 radical (unpaired) electrons. The zero-order valence-corrected chi connectivity index (χ0v) is 13.2. The summed E-state index contributed by atoms with van der Waals surface area (Å²) in [6.07, 6.45) is 6.39. The largest absolute Gasteiger partial charge is 0.353 e. The SMILES string of the molecule is CCN(CC)CCCC(C)n1ccnc1NC(C)C. The zero-order valence-electron chi connectivity index (χ0n) is 13.2. The first-order chi connectivity index (χ1) is 9.08. The smallest absolute Gasteiger partial charge is 0.203 e. The number of anilines is 1. The summed E-state index contributed by atoms with van der Waals surface area (Å²) in [5, 5.41) is 3.40. The molecule has 0 bridgehead atoms. The van der Waals surface area contributed by atoms with Gasteiger partial charge >= 0.3 is 0 Å². The van der Waals surface area contributed by atoms with Crippen LogP contribution in [0.15, 0.2) is 12.4 Å². The molecule has 0 aromatic carbocycles. The molecule has 1 unspecified atom stereocenters. The van der Waals surface area contributed by atoms with Crippen molar-refractivity contribution in [3.63, 3.8) is 0 Å². The van der Waals surface area contributed by atoms with Crippen molar-refractivity contribution < 1.29 is 0 Å². The van der Waals surface area contributed by atoms with E-state index in [2.05, 4.69) is 60.6 Å². The van der Waals surface area contributed by atoms with Gasteiger partial charge in [0.15, 0.2) is 0 Å². The fourth-order valence-corrected chi connectivity index (χ4v) is 2.33. The topological polar surface area (TPSA) is 33.1 Å². The molecule has 1 aromatic heterocycles. The third-order valence-corrected chi connectivity index (χ3v) is 3.55. The summed E-state index contributed by atoms with van der Waals surface area (Å²) < 4.78 is 2.25. The Balaban J connectivity index is 2.45. The van der Waals surface area contributed by atoms with E-state index in [0.29, 0.717) is 12.1 Å². The van der Waals surface area contributed by atoms with Gasteiger partial charge in [-0.2, -0.15) is 0 Å². The van der Waals surface area contributed by atoms with Crippen LogP contribution in [0.2, 0.25) is 0 Å². The minimum atomic E-state index is 0.420. The summed E-state index contributed by atoms with van der Waals surface area (Å²) in [6.45, 7) is 14.5. The van der Waals surface area contributed by atoms with Gasteiger partial charge in [0.1, 0.15) is 0 Å². The standard InChI is InChI=1S/C15H30N4/c1-6-18(7-2)11-8-9-14(5)19-12-10-16-15(19)17-13(3)4/h10,12-14H,6-9,11H2,1-5H3,(H,16,17). The average molecular weight is 266 g/mol. The maximum Gasteiger partial charge on any atom is 0.203 e. The van der Waals surface area contributed by atoms with E-state index in [4.69, 9.17) is 0 Å². The molecule has 110 valence electrons. The summed E-state index contributed by atoms with van der Waals surface area (Å²) >= 11 is 0. The molecule has 0 amide bonds. The summed E-state index contributed by atoms with van der Waals surface area (Å²) in [5.74, 6) is 0.991. The van der Waals surface area contributed by atoms with E-state index in [1.54, 1.807) is 0 Å². The van der Waals surface area contributed by atoms with E-state index < -0.39 is 0 Å². The van der Waals surface area contributed by atoms with Crippen LogP contribution in [0.5, 0.6) is 0 Å². The van der Waals surface area contributed by atoms with E-state index >= 15 is 0 Å². The van der Waals surface area contributed by atoms with E-state index in [-0.39, 0.29) is 0 Å². The molecule has 0 spiro atoms. The molecular formula is C15H30N4. The van der Waals surface area contributed by atoms with Gasteiger partial charge in [0, 0.05) is 24.5 Å². The molecule has 0 saturated heterocycles. The lowest BCUT2D eigenvalue weighted by Gasteiger charge is -2.21. The Morgan fingerprint density at radius 1 is 1.26 bits per heavy atom. The van der Waals surface area contributed by atoms with Gasteiger partial charge < -0.3 is 14.8 Å². The second kappa shape index (κ2) is 8.20. The highest BCUT2D eigenvalue weighted by atomic mass is 15.2. The maximum atomic E-state index is 4.39. The fraction of sp³-hybridized carbons (Fsp3) is 0.800. The Labute approximate surface area is 118 Å². The molecular weight excluding hydrogens is 236 g/mol. The van der Waals surface area contributed by atoms with Crippen molar-refractivity contribution >= 4 is 5.95 Å². The van der Waals surface area contributed by atoms with Crippen LogP contribution in [0.4, 0.5) is 5.95 Å². The van der Waals surface area contributed by atoms with Crippen LogP contribution in [0, 0.1) is 0 Å². The van der Waals surface area contributed by atoms with Crippen LogP contribution in [-0.2, 0) is 0 Å². The molecule has 1 heterocycles. The highest BCUT2D eigenvalue weighted by Gasteiger charge is 2.11. The molecule has 19 heavy (non-hydrogen) atoms. The average Bonchev–Trinajstić information content (AvgIpc) is 2.81. The lowest BCUT2D eigenvalue weighted by atomic mass is 10.1. The Kier molecular flexibility index (Phi) is 6.92. The Hall–Kier alpha value is -1.03. The van der Waals surface area contributed by atoms with Gasteiger partial charge in [-0.15, -0.1) is 0 Å². The van der Waals surface area contributed by atoms with Gasteiger partial charge in [0.25, 0.3) is 0 Å². The number of nitrogens with zero attached hydrogens (tertiary/aromatic N) is 3. The first kappa shape index (κ1) is 16.0. The number of aromatic nitrogens is 2. The van der Waals surface area contributed by atoms with Gasteiger partial charge in [-0.3, -0.25) is 0 Å². The van der Waals surface area contributed by atoms with Gasteiger partial charge in [-0.25, -0.2) is 4.98 Å². The van der Waals surface area contributed by atoms with Gasteiger partial charge in [0.05, 0.1) is 0 Å². The van der Waals surface area contributed by atoms with Crippen molar-refractivity contribution in [2.75, 3.05) is 25.0 Å². The predicted molar refractivity (Wildman–Crippen MR) is 82.7 cm³/mol. The first-order valence-electron chi connectivity index (χ1n) is 7.60. The van der Waals surface area contributed by atoms with Crippen molar-refractivity contribution in [1.82, 2.24) is 14.5 Å². The quantitative estimate of drug-likeness (QED) is 0.744. The van der Waals surface area contributed by atoms with Crippen LogP contribution in [0.25, 0.3) is 0 Å². The van der Waals surface area contributed by atoms with Gasteiger partial charge in [-0.05, 0) is 53.2 Å². The molecule has 4 heteroatoms. The monoisotopic (exact) mass is 266 g/mol. The van der Waals surface area contributed by atoms with Crippen LogP contribution in [-0.4, -0.2) is 40.1 Å². The first-order valence-corrected chi connectivity index (χ1v) is 7.60. The number of rotatable bonds is 9. The van der Waals surface area contributed by atoms with Crippen LogP contribution in [0.1, 0.15) is 53.5 Å². The third-order valence-electron chi connectivity index (χ3n) is 3.55. The van der Waals surface area contributed by atoms with Gasteiger partial charge in [0.2, 0.25) is 5.95 Å². The molecule has 0 fully saturated rings. The zero-order chi connectivity index (χ0) is 14.3. The summed E-state index contributed by atoms with van der Waals surface area (Å²) in [5.41, 5.74) is 0. The van der Waals surface area contributed by atoms with E-state index in [0.717, 1.165) is 19.0 Å². The van der Waals surface area contributed by atoms with Crippen molar-refractivity contribution in [2.45, 2.75) is 59.5 Å². The second-order valence-corrected chi connectivity index (χ2v) is 5.48. The van der Waals surface area contributed by atoms with Crippen LogP contribution < -0.4 is 5.32 Å². The van der Waals surface area contributed by atoms with Crippen molar-refractivity contribution in [3.05, 3.63) is 12.4 Å². The van der Waals surface area contributed by atoms with E-state index in [9.17, 15) is 0 Å². The highest BCUT2D eigenvalue weighted by Crippen LogP contribution is 2.19. The number of hydrogen-bond donors (Lipinski definition) is 1. The Morgan fingerprint density at radius 2 is 1.95 bits per heavy atom. The number of imidazole rings is 1.